The number of carbonyl (C=O) groups excluding carboxylic acids is 2. The molecule has 0 aliphatic heterocycles. The number of nitrogens with zero attached hydrogens (tertiary/aromatic N) is 1. The second-order valence-corrected chi connectivity index (χ2v) is 9.31. The van der Waals surface area contributed by atoms with Crippen LogP contribution in [-0.4, -0.2) is 26.2 Å². The quantitative estimate of drug-likeness (QED) is 0.354. The fraction of sp³-hybridized carbons (Fsp3) is 0.231. The number of carbonyl (C=O) groups is 2. The van der Waals surface area contributed by atoms with Gasteiger partial charge in [0.05, 0.1) is 31.0 Å². The van der Waals surface area contributed by atoms with Crippen molar-refractivity contribution in [1.82, 2.24) is 0 Å². The molecule has 0 atom stereocenters. The van der Waals surface area contributed by atoms with E-state index < -0.39 is 11.9 Å². The lowest BCUT2D eigenvalue weighted by Crippen LogP contribution is -2.22. The first-order valence-electron chi connectivity index (χ1n) is 10.2. The summed E-state index contributed by atoms with van der Waals surface area (Å²) in [5.74, 6) is -1.15. The van der Waals surface area contributed by atoms with Crippen molar-refractivity contribution in [2.75, 3.05) is 19.1 Å². The lowest BCUT2D eigenvalue weighted by molar-refractivity contribution is 0.0601. The summed E-state index contributed by atoms with van der Waals surface area (Å²) in [5.41, 5.74) is 2.62. The number of hydrogen-bond acceptors (Lipinski definition) is 5. The number of anilines is 3. The molecule has 5 nitrogen and oxygen atoms in total. The number of benzene rings is 3. The van der Waals surface area contributed by atoms with Crippen LogP contribution in [0.2, 0.25) is 10.0 Å². The zero-order valence-corrected chi connectivity index (χ0v) is 20.6. The third kappa shape index (κ3) is 5.32. The van der Waals surface area contributed by atoms with E-state index in [4.69, 9.17) is 32.7 Å². The maximum Gasteiger partial charge on any atom is 0.340 e. The van der Waals surface area contributed by atoms with Crippen molar-refractivity contribution in [3.63, 3.8) is 0 Å². The Bertz CT molecular complexity index is 1080. The maximum atomic E-state index is 13.0. The van der Waals surface area contributed by atoms with Crippen molar-refractivity contribution in [1.29, 1.82) is 0 Å². The smallest absolute Gasteiger partial charge is 0.340 e. The Balaban J connectivity index is 2.45. The summed E-state index contributed by atoms with van der Waals surface area (Å²) in [6, 6.07) is 17.7. The highest BCUT2D eigenvalue weighted by Gasteiger charge is 2.30. The zero-order valence-electron chi connectivity index (χ0n) is 19.1. The molecule has 0 heterocycles. The second kappa shape index (κ2) is 9.86. The molecule has 3 rings (SSSR count). The van der Waals surface area contributed by atoms with Crippen LogP contribution in [0.25, 0.3) is 0 Å². The predicted molar refractivity (Wildman–Crippen MR) is 133 cm³/mol. The Morgan fingerprint density at radius 1 is 0.727 bits per heavy atom. The molecular formula is C26H25Cl2NO4. The van der Waals surface area contributed by atoms with Crippen LogP contribution in [0.4, 0.5) is 17.1 Å². The molecule has 0 aliphatic rings. The minimum absolute atomic E-state index is 0.232. The highest BCUT2D eigenvalue weighted by molar-refractivity contribution is 6.31. The lowest BCUT2D eigenvalue weighted by atomic mass is 9.84. The first-order valence-corrected chi connectivity index (χ1v) is 11.0. The van der Waals surface area contributed by atoms with E-state index in [9.17, 15) is 9.59 Å². The van der Waals surface area contributed by atoms with Crippen molar-refractivity contribution < 1.29 is 19.1 Å². The van der Waals surface area contributed by atoms with Crippen molar-refractivity contribution in [3.8, 4) is 0 Å². The Hall–Kier alpha value is -3.02. The number of halogens is 2. The molecule has 172 valence electrons. The van der Waals surface area contributed by atoms with Crippen LogP contribution in [-0.2, 0) is 14.9 Å². The van der Waals surface area contributed by atoms with E-state index in [0.717, 1.165) is 5.56 Å². The molecular weight excluding hydrogens is 461 g/mol. The van der Waals surface area contributed by atoms with Gasteiger partial charge in [0.1, 0.15) is 0 Å². The molecule has 33 heavy (non-hydrogen) atoms. The monoisotopic (exact) mass is 485 g/mol. The number of methoxy groups -OCH3 is 2. The van der Waals surface area contributed by atoms with Gasteiger partial charge in [0.15, 0.2) is 0 Å². The van der Waals surface area contributed by atoms with E-state index >= 15 is 0 Å². The molecule has 0 spiro atoms. The number of esters is 2. The normalized spacial score (nSPS) is 11.1. The first kappa shape index (κ1) is 24.6. The summed E-state index contributed by atoms with van der Waals surface area (Å²) in [4.78, 5) is 27.8. The van der Waals surface area contributed by atoms with E-state index in [0.29, 0.717) is 27.1 Å². The van der Waals surface area contributed by atoms with Crippen LogP contribution < -0.4 is 4.90 Å². The molecule has 0 unspecified atom stereocenters. The Labute approximate surface area is 203 Å². The fourth-order valence-corrected chi connectivity index (χ4v) is 3.68. The third-order valence-corrected chi connectivity index (χ3v) is 5.68. The zero-order chi connectivity index (χ0) is 24.3. The number of hydrogen-bond donors (Lipinski definition) is 0. The van der Waals surface area contributed by atoms with Crippen molar-refractivity contribution in [2.45, 2.75) is 26.2 Å². The second-order valence-electron chi connectivity index (χ2n) is 8.44. The van der Waals surface area contributed by atoms with Crippen molar-refractivity contribution >= 4 is 52.2 Å². The standard InChI is InChI=1S/C26H25Cl2NO4/c1-26(2,3)16-14-21(24(30)32-4)23(22(15-16)25(31)33-5)29(19-10-6-17(27)7-11-19)20-12-8-18(28)9-13-20/h6-15H,1-5H3. The van der Waals surface area contributed by atoms with Gasteiger partial charge in [-0.15, -0.1) is 0 Å². The summed E-state index contributed by atoms with van der Waals surface area (Å²) >= 11 is 12.2. The highest BCUT2D eigenvalue weighted by Crippen LogP contribution is 2.42. The Morgan fingerprint density at radius 3 is 1.39 bits per heavy atom. The molecule has 3 aromatic rings. The number of rotatable bonds is 5. The van der Waals surface area contributed by atoms with E-state index in [1.54, 1.807) is 65.6 Å². The summed E-state index contributed by atoms with van der Waals surface area (Å²) in [5, 5.41) is 1.11. The van der Waals surface area contributed by atoms with Gasteiger partial charge in [-0.3, -0.25) is 0 Å². The topological polar surface area (TPSA) is 55.8 Å². The van der Waals surface area contributed by atoms with Crippen molar-refractivity contribution in [2.24, 2.45) is 0 Å². The Kier molecular flexibility index (Phi) is 7.35. The minimum Gasteiger partial charge on any atom is -0.465 e. The molecule has 0 N–H and O–H groups in total. The molecule has 0 aliphatic carbocycles. The van der Waals surface area contributed by atoms with Crippen molar-refractivity contribution in [3.05, 3.63) is 87.4 Å². The van der Waals surface area contributed by atoms with Crippen LogP contribution in [0.1, 0.15) is 47.1 Å². The van der Waals surface area contributed by atoms with Gasteiger partial charge in [-0.2, -0.15) is 0 Å². The lowest BCUT2D eigenvalue weighted by Gasteiger charge is -2.30. The van der Waals surface area contributed by atoms with E-state index in [1.807, 2.05) is 20.8 Å². The average molecular weight is 486 g/mol. The molecule has 0 aromatic heterocycles. The van der Waals surface area contributed by atoms with Crippen LogP contribution in [0.15, 0.2) is 60.7 Å². The number of ether oxygens (including phenoxy) is 2. The van der Waals surface area contributed by atoms with Gasteiger partial charge in [0.25, 0.3) is 0 Å². The molecule has 0 radical (unpaired) electrons. The van der Waals surface area contributed by atoms with Crippen LogP contribution >= 0.6 is 23.2 Å². The van der Waals surface area contributed by atoms with Crippen LogP contribution in [0.3, 0.4) is 0 Å². The SMILES string of the molecule is COC(=O)c1cc(C(C)(C)C)cc(C(=O)OC)c1N(c1ccc(Cl)cc1)c1ccc(Cl)cc1. The predicted octanol–water partition coefficient (Wildman–Crippen LogP) is 7.33. The summed E-state index contributed by atoms with van der Waals surface area (Å²) in [6.45, 7) is 6.00. The summed E-state index contributed by atoms with van der Waals surface area (Å²) < 4.78 is 10.2. The summed E-state index contributed by atoms with van der Waals surface area (Å²) in [7, 11) is 2.62. The first-order chi connectivity index (χ1) is 15.6. The molecule has 0 saturated heterocycles. The molecule has 7 heteroatoms. The van der Waals surface area contributed by atoms with Crippen LogP contribution in [0.5, 0.6) is 0 Å². The van der Waals surface area contributed by atoms with E-state index in [1.165, 1.54) is 14.2 Å². The molecule has 3 aromatic carbocycles. The maximum absolute atomic E-state index is 13.0. The van der Waals surface area contributed by atoms with Gasteiger partial charge in [-0.25, -0.2) is 9.59 Å². The van der Waals surface area contributed by atoms with Gasteiger partial charge in [0, 0.05) is 21.4 Å². The summed E-state index contributed by atoms with van der Waals surface area (Å²) in [6.07, 6.45) is 0. The van der Waals surface area contributed by atoms with Gasteiger partial charge >= 0.3 is 11.9 Å². The average Bonchev–Trinajstić information content (AvgIpc) is 2.79. The molecule has 0 amide bonds. The van der Waals surface area contributed by atoms with Gasteiger partial charge in [0.2, 0.25) is 0 Å². The minimum atomic E-state index is -0.575. The molecule has 0 saturated carbocycles. The van der Waals surface area contributed by atoms with E-state index in [2.05, 4.69) is 0 Å². The van der Waals surface area contributed by atoms with Gasteiger partial charge < -0.3 is 14.4 Å². The molecule has 0 bridgehead atoms. The van der Waals surface area contributed by atoms with Crippen LogP contribution in [0, 0.1) is 0 Å². The molecule has 0 fully saturated rings. The van der Waals surface area contributed by atoms with Gasteiger partial charge in [-0.05, 0) is 71.6 Å². The highest BCUT2D eigenvalue weighted by atomic mass is 35.5. The largest absolute Gasteiger partial charge is 0.465 e. The third-order valence-electron chi connectivity index (χ3n) is 5.18. The Morgan fingerprint density at radius 2 is 1.09 bits per heavy atom. The van der Waals surface area contributed by atoms with E-state index in [-0.39, 0.29) is 16.5 Å². The fourth-order valence-electron chi connectivity index (χ4n) is 3.43. The van der Waals surface area contributed by atoms with Gasteiger partial charge in [-0.1, -0.05) is 44.0 Å².